The molecule has 0 aliphatic rings. The molecule has 6 nitrogen and oxygen atoms in total. The van der Waals surface area contributed by atoms with Gasteiger partial charge >= 0.3 is 0 Å². The standard InChI is InChI=1S/C10H13N5O/c16-7-11-9(10-12-14-15-13-10)6-8-4-2-1-3-5-8/h1-5,9,11,16H,6-7H2,(H,12,13,14,15)/t9-/m0/s1. The van der Waals surface area contributed by atoms with Crippen molar-refractivity contribution in [1.82, 2.24) is 25.9 Å². The van der Waals surface area contributed by atoms with Crippen LogP contribution >= 0.6 is 0 Å². The number of aromatic amines is 1. The number of H-pyrrole nitrogens is 1. The van der Waals surface area contributed by atoms with E-state index in [0.717, 1.165) is 5.56 Å². The van der Waals surface area contributed by atoms with Crippen molar-refractivity contribution in [3.05, 3.63) is 41.7 Å². The topological polar surface area (TPSA) is 86.7 Å². The predicted octanol–water partition coefficient (Wildman–Crippen LogP) is 0.0229. The molecule has 0 unspecified atom stereocenters. The normalized spacial score (nSPS) is 12.6. The molecule has 1 aromatic heterocycles. The first-order valence-electron chi connectivity index (χ1n) is 5.01. The summed E-state index contributed by atoms with van der Waals surface area (Å²) in [5.74, 6) is 0.554. The Morgan fingerprint density at radius 2 is 2.12 bits per heavy atom. The van der Waals surface area contributed by atoms with Crippen molar-refractivity contribution in [3.8, 4) is 0 Å². The second-order valence-electron chi connectivity index (χ2n) is 3.37. The van der Waals surface area contributed by atoms with Crippen molar-refractivity contribution in [3.63, 3.8) is 0 Å². The Morgan fingerprint density at radius 1 is 1.31 bits per heavy atom. The van der Waals surface area contributed by atoms with E-state index in [1.807, 2.05) is 30.3 Å². The number of hydrogen-bond donors (Lipinski definition) is 3. The van der Waals surface area contributed by atoms with Crippen LogP contribution in [0.4, 0.5) is 0 Å². The summed E-state index contributed by atoms with van der Waals surface area (Å²) in [6.45, 7) is -0.119. The molecule has 1 aromatic carbocycles. The van der Waals surface area contributed by atoms with Gasteiger partial charge in [-0.25, -0.2) is 0 Å². The maximum absolute atomic E-state index is 8.92. The molecule has 0 bridgehead atoms. The third-order valence-corrected chi connectivity index (χ3v) is 2.29. The summed E-state index contributed by atoms with van der Waals surface area (Å²) < 4.78 is 0. The highest BCUT2D eigenvalue weighted by Gasteiger charge is 2.15. The number of aliphatic hydroxyl groups is 1. The van der Waals surface area contributed by atoms with Crippen molar-refractivity contribution >= 4 is 0 Å². The van der Waals surface area contributed by atoms with Crippen LogP contribution in [0, 0.1) is 0 Å². The molecule has 0 radical (unpaired) electrons. The van der Waals surface area contributed by atoms with Gasteiger partial charge in [0.2, 0.25) is 0 Å². The monoisotopic (exact) mass is 219 g/mol. The first-order valence-corrected chi connectivity index (χ1v) is 5.01. The first-order chi connectivity index (χ1) is 7.90. The maximum atomic E-state index is 8.92. The average molecular weight is 219 g/mol. The van der Waals surface area contributed by atoms with E-state index in [2.05, 4.69) is 25.9 Å². The van der Waals surface area contributed by atoms with Gasteiger partial charge in [0.1, 0.15) is 0 Å². The van der Waals surface area contributed by atoms with Gasteiger partial charge in [0, 0.05) is 0 Å². The van der Waals surface area contributed by atoms with Crippen LogP contribution in [0.3, 0.4) is 0 Å². The minimum Gasteiger partial charge on any atom is -0.381 e. The third kappa shape index (κ3) is 2.62. The Hall–Kier alpha value is -1.79. The lowest BCUT2D eigenvalue weighted by molar-refractivity contribution is 0.237. The van der Waals surface area contributed by atoms with Crippen molar-refractivity contribution < 1.29 is 5.11 Å². The van der Waals surface area contributed by atoms with Crippen LogP contribution in [0.1, 0.15) is 17.4 Å². The lowest BCUT2D eigenvalue weighted by Gasteiger charge is -2.13. The maximum Gasteiger partial charge on any atom is 0.191 e. The molecular formula is C10H13N5O. The van der Waals surface area contributed by atoms with E-state index in [0.29, 0.717) is 12.2 Å². The second-order valence-corrected chi connectivity index (χ2v) is 3.37. The molecule has 0 aliphatic carbocycles. The molecule has 3 N–H and O–H groups in total. The van der Waals surface area contributed by atoms with E-state index in [4.69, 9.17) is 5.11 Å². The van der Waals surface area contributed by atoms with Crippen LogP contribution in [0.5, 0.6) is 0 Å². The number of aliphatic hydroxyl groups excluding tert-OH is 1. The average Bonchev–Trinajstić information content (AvgIpc) is 2.83. The van der Waals surface area contributed by atoms with Crippen LogP contribution in [0.15, 0.2) is 30.3 Å². The molecule has 2 rings (SSSR count). The van der Waals surface area contributed by atoms with E-state index in [1.54, 1.807) is 0 Å². The van der Waals surface area contributed by atoms with Gasteiger partial charge in [0.15, 0.2) is 5.82 Å². The second kappa shape index (κ2) is 5.34. The van der Waals surface area contributed by atoms with E-state index >= 15 is 0 Å². The smallest absolute Gasteiger partial charge is 0.191 e. The molecule has 0 fully saturated rings. The number of rotatable bonds is 5. The van der Waals surface area contributed by atoms with Crippen LogP contribution in [0.2, 0.25) is 0 Å². The Kier molecular flexibility index (Phi) is 3.58. The highest BCUT2D eigenvalue weighted by atomic mass is 16.3. The van der Waals surface area contributed by atoms with Crippen LogP contribution in [0.25, 0.3) is 0 Å². The molecule has 0 saturated heterocycles. The highest BCUT2D eigenvalue weighted by molar-refractivity contribution is 5.17. The van der Waals surface area contributed by atoms with Crippen LogP contribution < -0.4 is 5.32 Å². The van der Waals surface area contributed by atoms with Crippen LogP contribution in [-0.4, -0.2) is 32.5 Å². The fourth-order valence-corrected chi connectivity index (χ4v) is 1.53. The minimum atomic E-state index is -0.133. The Balaban J connectivity index is 2.09. The summed E-state index contributed by atoms with van der Waals surface area (Å²) in [7, 11) is 0. The van der Waals surface area contributed by atoms with Gasteiger partial charge in [0.25, 0.3) is 0 Å². The van der Waals surface area contributed by atoms with Gasteiger partial charge in [-0.05, 0) is 12.0 Å². The van der Waals surface area contributed by atoms with Crippen molar-refractivity contribution in [2.75, 3.05) is 6.73 Å². The fraction of sp³-hybridized carbons (Fsp3) is 0.300. The predicted molar refractivity (Wildman–Crippen MR) is 57.3 cm³/mol. The highest BCUT2D eigenvalue weighted by Crippen LogP contribution is 2.13. The van der Waals surface area contributed by atoms with Crippen molar-refractivity contribution in [2.45, 2.75) is 12.5 Å². The summed E-state index contributed by atoms with van der Waals surface area (Å²) in [6.07, 6.45) is 0.709. The largest absolute Gasteiger partial charge is 0.381 e. The Labute approximate surface area is 92.7 Å². The number of aromatic nitrogens is 4. The van der Waals surface area contributed by atoms with Gasteiger partial charge < -0.3 is 5.11 Å². The summed E-state index contributed by atoms with van der Waals surface area (Å²) in [5.41, 5.74) is 1.15. The van der Waals surface area contributed by atoms with Gasteiger partial charge in [0.05, 0.1) is 12.8 Å². The molecule has 84 valence electrons. The lowest BCUT2D eigenvalue weighted by atomic mass is 10.1. The molecule has 1 atom stereocenters. The minimum absolute atomic E-state index is 0.119. The molecule has 0 amide bonds. The molecule has 0 spiro atoms. The number of benzene rings is 1. The zero-order valence-electron chi connectivity index (χ0n) is 8.67. The van der Waals surface area contributed by atoms with Crippen molar-refractivity contribution in [2.24, 2.45) is 0 Å². The fourth-order valence-electron chi connectivity index (χ4n) is 1.53. The van der Waals surface area contributed by atoms with Gasteiger partial charge in [-0.2, -0.15) is 5.21 Å². The molecule has 6 heteroatoms. The van der Waals surface area contributed by atoms with E-state index in [-0.39, 0.29) is 12.8 Å². The van der Waals surface area contributed by atoms with E-state index in [9.17, 15) is 0 Å². The van der Waals surface area contributed by atoms with Gasteiger partial charge in [-0.3, -0.25) is 5.32 Å². The molecular weight excluding hydrogens is 206 g/mol. The number of hydrogen-bond acceptors (Lipinski definition) is 5. The first kappa shape index (κ1) is 10.7. The van der Waals surface area contributed by atoms with Crippen molar-refractivity contribution in [1.29, 1.82) is 0 Å². The molecule has 0 saturated carbocycles. The van der Waals surface area contributed by atoms with E-state index in [1.165, 1.54) is 0 Å². The summed E-state index contributed by atoms with van der Waals surface area (Å²) in [5, 5.41) is 25.6. The van der Waals surface area contributed by atoms with Crippen LogP contribution in [-0.2, 0) is 6.42 Å². The quantitative estimate of drug-likeness (QED) is 0.617. The zero-order chi connectivity index (χ0) is 11.2. The van der Waals surface area contributed by atoms with Gasteiger partial charge in [-0.1, -0.05) is 35.5 Å². The molecule has 16 heavy (non-hydrogen) atoms. The number of nitrogens with one attached hydrogen (secondary N) is 2. The van der Waals surface area contributed by atoms with Gasteiger partial charge in [-0.15, -0.1) is 10.2 Å². The zero-order valence-corrected chi connectivity index (χ0v) is 8.67. The number of nitrogens with zero attached hydrogens (tertiary/aromatic N) is 3. The third-order valence-electron chi connectivity index (χ3n) is 2.29. The Bertz CT molecular complexity index is 402. The molecule has 1 heterocycles. The Morgan fingerprint density at radius 3 is 2.75 bits per heavy atom. The summed E-state index contributed by atoms with van der Waals surface area (Å²) >= 11 is 0. The molecule has 2 aromatic rings. The SMILES string of the molecule is OCN[C@@H](Cc1ccccc1)c1nn[nH]n1. The molecule has 0 aliphatic heterocycles. The summed E-state index contributed by atoms with van der Waals surface area (Å²) in [6, 6.07) is 9.82. The van der Waals surface area contributed by atoms with E-state index < -0.39 is 0 Å². The summed E-state index contributed by atoms with van der Waals surface area (Å²) in [4.78, 5) is 0. The lowest BCUT2D eigenvalue weighted by Crippen LogP contribution is -2.25. The number of tetrazole rings is 1.